The fourth-order valence-electron chi connectivity index (χ4n) is 2.40. The molecule has 0 radical (unpaired) electrons. The number of hydrogen-bond acceptors (Lipinski definition) is 3. The molecular formula is C13H19NO2S. The summed E-state index contributed by atoms with van der Waals surface area (Å²) in [5, 5.41) is 3.30. The third kappa shape index (κ3) is 3.30. The van der Waals surface area contributed by atoms with Gasteiger partial charge in [-0.1, -0.05) is 24.3 Å². The van der Waals surface area contributed by atoms with E-state index in [0.717, 1.165) is 13.0 Å². The summed E-state index contributed by atoms with van der Waals surface area (Å²) in [6.45, 7) is 2.79. The SMILES string of the molecule is CC(CS(C)(=O)=O)NCC1Cc2ccccc21. The zero-order chi connectivity index (χ0) is 12.5. The molecule has 0 aromatic heterocycles. The van der Waals surface area contributed by atoms with Gasteiger partial charge in [-0.05, 0) is 24.5 Å². The van der Waals surface area contributed by atoms with Gasteiger partial charge < -0.3 is 5.32 Å². The summed E-state index contributed by atoms with van der Waals surface area (Å²) in [5.41, 5.74) is 2.83. The molecule has 0 spiro atoms. The van der Waals surface area contributed by atoms with Crippen molar-refractivity contribution >= 4 is 9.84 Å². The smallest absolute Gasteiger partial charge is 0.148 e. The molecular weight excluding hydrogens is 234 g/mol. The molecule has 2 rings (SSSR count). The van der Waals surface area contributed by atoms with E-state index in [-0.39, 0.29) is 11.8 Å². The maximum atomic E-state index is 11.1. The van der Waals surface area contributed by atoms with Crippen LogP contribution in [0.2, 0.25) is 0 Å². The van der Waals surface area contributed by atoms with Crippen molar-refractivity contribution in [2.45, 2.75) is 25.3 Å². The summed E-state index contributed by atoms with van der Waals surface area (Å²) in [4.78, 5) is 0. The molecule has 0 amide bonds. The molecule has 0 saturated heterocycles. The van der Waals surface area contributed by atoms with Crippen molar-refractivity contribution in [3.63, 3.8) is 0 Å². The maximum Gasteiger partial charge on any atom is 0.148 e. The van der Waals surface area contributed by atoms with Gasteiger partial charge in [0.25, 0.3) is 0 Å². The highest BCUT2D eigenvalue weighted by Crippen LogP contribution is 2.33. The van der Waals surface area contributed by atoms with E-state index in [4.69, 9.17) is 0 Å². The Bertz CT molecular complexity index is 496. The molecule has 0 bridgehead atoms. The van der Waals surface area contributed by atoms with E-state index in [9.17, 15) is 8.42 Å². The standard InChI is InChI=1S/C13H19NO2S/c1-10(9-17(2,15)16)14-8-12-7-11-5-3-4-6-13(11)12/h3-6,10,12,14H,7-9H2,1-2H3. The van der Waals surface area contributed by atoms with E-state index in [1.54, 1.807) is 0 Å². The van der Waals surface area contributed by atoms with Crippen molar-refractivity contribution < 1.29 is 8.42 Å². The second-order valence-electron chi connectivity index (χ2n) is 5.00. The molecule has 0 saturated carbocycles. The van der Waals surface area contributed by atoms with Crippen LogP contribution < -0.4 is 5.32 Å². The largest absolute Gasteiger partial charge is 0.313 e. The summed E-state index contributed by atoms with van der Waals surface area (Å²) in [6.07, 6.45) is 2.39. The van der Waals surface area contributed by atoms with Crippen LogP contribution in [0.5, 0.6) is 0 Å². The zero-order valence-electron chi connectivity index (χ0n) is 10.3. The van der Waals surface area contributed by atoms with Gasteiger partial charge in [0, 0.05) is 24.8 Å². The van der Waals surface area contributed by atoms with Crippen LogP contribution in [0.1, 0.15) is 24.0 Å². The van der Waals surface area contributed by atoms with Gasteiger partial charge in [0.05, 0.1) is 5.75 Å². The lowest BCUT2D eigenvalue weighted by molar-refractivity contribution is 0.493. The van der Waals surface area contributed by atoms with Crippen molar-refractivity contribution in [3.05, 3.63) is 35.4 Å². The van der Waals surface area contributed by atoms with Gasteiger partial charge in [0.1, 0.15) is 9.84 Å². The molecule has 94 valence electrons. The van der Waals surface area contributed by atoms with E-state index in [2.05, 4.69) is 29.6 Å². The lowest BCUT2D eigenvalue weighted by atomic mass is 9.77. The molecule has 1 aliphatic rings. The summed E-state index contributed by atoms with van der Waals surface area (Å²) in [6, 6.07) is 8.47. The molecule has 0 heterocycles. The Kier molecular flexibility index (Phi) is 3.54. The summed E-state index contributed by atoms with van der Waals surface area (Å²) in [5.74, 6) is 0.759. The summed E-state index contributed by atoms with van der Waals surface area (Å²) in [7, 11) is -2.88. The molecule has 2 atom stereocenters. The average molecular weight is 253 g/mol. The predicted molar refractivity (Wildman–Crippen MR) is 70.1 cm³/mol. The van der Waals surface area contributed by atoms with Crippen LogP contribution in [-0.2, 0) is 16.3 Å². The number of fused-ring (bicyclic) bond motifs is 1. The first-order valence-corrected chi connectivity index (χ1v) is 8.00. The second-order valence-corrected chi connectivity index (χ2v) is 7.19. The molecule has 0 fully saturated rings. The zero-order valence-corrected chi connectivity index (χ0v) is 11.1. The molecule has 1 aromatic rings. The van der Waals surface area contributed by atoms with Crippen LogP contribution in [0, 0.1) is 0 Å². The Hall–Kier alpha value is -0.870. The van der Waals surface area contributed by atoms with Gasteiger partial charge in [0.15, 0.2) is 0 Å². The van der Waals surface area contributed by atoms with E-state index in [1.807, 2.05) is 6.92 Å². The number of hydrogen-bond donors (Lipinski definition) is 1. The van der Waals surface area contributed by atoms with Crippen LogP contribution in [-0.4, -0.2) is 33.0 Å². The first-order valence-electron chi connectivity index (χ1n) is 5.94. The number of rotatable bonds is 5. The average Bonchev–Trinajstić information content (AvgIpc) is 2.16. The number of benzene rings is 1. The second kappa shape index (κ2) is 4.78. The Balaban J connectivity index is 1.82. The fraction of sp³-hybridized carbons (Fsp3) is 0.538. The van der Waals surface area contributed by atoms with Crippen LogP contribution in [0.15, 0.2) is 24.3 Å². The summed E-state index contributed by atoms with van der Waals surface area (Å²) >= 11 is 0. The van der Waals surface area contributed by atoms with Gasteiger partial charge in [-0.3, -0.25) is 0 Å². The topological polar surface area (TPSA) is 46.2 Å². The first kappa shape index (κ1) is 12.6. The van der Waals surface area contributed by atoms with Crippen molar-refractivity contribution in [2.75, 3.05) is 18.6 Å². The quantitative estimate of drug-likeness (QED) is 0.861. The van der Waals surface area contributed by atoms with Crippen LogP contribution in [0.3, 0.4) is 0 Å². The van der Waals surface area contributed by atoms with Gasteiger partial charge in [0.2, 0.25) is 0 Å². The monoisotopic (exact) mass is 253 g/mol. The Morgan fingerprint density at radius 3 is 2.76 bits per heavy atom. The fourth-order valence-corrected chi connectivity index (χ4v) is 3.43. The molecule has 1 aromatic carbocycles. The molecule has 2 unspecified atom stereocenters. The van der Waals surface area contributed by atoms with Gasteiger partial charge in [-0.15, -0.1) is 0 Å². The van der Waals surface area contributed by atoms with E-state index in [0.29, 0.717) is 5.92 Å². The lowest BCUT2D eigenvalue weighted by Gasteiger charge is -2.31. The van der Waals surface area contributed by atoms with E-state index in [1.165, 1.54) is 17.4 Å². The first-order chi connectivity index (χ1) is 7.96. The van der Waals surface area contributed by atoms with Crippen molar-refractivity contribution in [1.82, 2.24) is 5.32 Å². The van der Waals surface area contributed by atoms with Crippen LogP contribution in [0.25, 0.3) is 0 Å². The Labute approximate surface area is 103 Å². The normalized spacial score (nSPS) is 20.5. The van der Waals surface area contributed by atoms with Gasteiger partial charge in [-0.25, -0.2) is 8.42 Å². The van der Waals surface area contributed by atoms with Gasteiger partial charge in [-0.2, -0.15) is 0 Å². The van der Waals surface area contributed by atoms with Crippen molar-refractivity contribution in [2.24, 2.45) is 0 Å². The van der Waals surface area contributed by atoms with Crippen molar-refractivity contribution in [1.29, 1.82) is 0 Å². The highest BCUT2D eigenvalue weighted by Gasteiger charge is 2.25. The predicted octanol–water partition coefficient (Wildman–Crippen LogP) is 1.35. The highest BCUT2D eigenvalue weighted by molar-refractivity contribution is 7.90. The summed E-state index contributed by atoms with van der Waals surface area (Å²) < 4.78 is 22.3. The number of sulfone groups is 1. The minimum absolute atomic E-state index is 0.0257. The third-order valence-electron chi connectivity index (χ3n) is 3.23. The Morgan fingerprint density at radius 2 is 2.12 bits per heavy atom. The van der Waals surface area contributed by atoms with Crippen LogP contribution in [0.4, 0.5) is 0 Å². The number of nitrogens with one attached hydrogen (secondary N) is 1. The molecule has 17 heavy (non-hydrogen) atoms. The van der Waals surface area contributed by atoms with Gasteiger partial charge >= 0.3 is 0 Å². The lowest BCUT2D eigenvalue weighted by Crippen LogP contribution is -2.38. The minimum atomic E-state index is -2.88. The molecule has 1 aliphatic carbocycles. The maximum absolute atomic E-state index is 11.1. The van der Waals surface area contributed by atoms with E-state index < -0.39 is 9.84 Å². The minimum Gasteiger partial charge on any atom is -0.313 e. The Morgan fingerprint density at radius 1 is 1.41 bits per heavy atom. The highest BCUT2D eigenvalue weighted by atomic mass is 32.2. The molecule has 4 heteroatoms. The van der Waals surface area contributed by atoms with E-state index >= 15 is 0 Å². The molecule has 3 nitrogen and oxygen atoms in total. The van der Waals surface area contributed by atoms with Crippen molar-refractivity contribution in [3.8, 4) is 0 Å². The van der Waals surface area contributed by atoms with Crippen LogP contribution >= 0.6 is 0 Å². The molecule has 0 aliphatic heterocycles. The molecule has 1 N–H and O–H groups in total. The third-order valence-corrected chi connectivity index (χ3v) is 4.33.